The number of hydrogen-bond acceptors (Lipinski definition) is 4. The predicted molar refractivity (Wildman–Crippen MR) is 90.0 cm³/mol. The van der Waals surface area contributed by atoms with Crippen LogP contribution in [-0.4, -0.2) is 38.8 Å². The number of rotatable bonds is 5. The number of ether oxygens (including phenoxy) is 1. The van der Waals surface area contributed by atoms with Gasteiger partial charge in [-0.3, -0.25) is 13.9 Å². The molecule has 7 heteroatoms. The van der Waals surface area contributed by atoms with E-state index in [1.165, 1.54) is 0 Å². The van der Waals surface area contributed by atoms with Gasteiger partial charge in [0.2, 0.25) is 0 Å². The van der Waals surface area contributed by atoms with Gasteiger partial charge in [-0.2, -0.15) is 5.10 Å². The van der Waals surface area contributed by atoms with Crippen LogP contribution in [0.2, 0.25) is 0 Å². The average Bonchev–Trinajstić information content (AvgIpc) is 3.08. The highest BCUT2D eigenvalue weighted by Gasteiger charge is 2.22. The van der Waals surface area contributed by atoms with E-state index in [4.69, 9.17) is 4.74 Å². The van der Waals surface area contributed by atoms with Crippen molar-refractivity contribution in [3.63, 3.8) is 0 Å². The van der Waals surface area contributed by atoms with Crippen LogP contribution in [0.4, 0.5) is 0 Å². The second-order valence-corrected chi connectivity index (χ2v) is 5.84. The van der Waals surface area contributed by atoms with Crippen molar-refractivity contribution in [2.75, 3.05) is 13.7 Å². The Morgan fingerprint density at radius 3 is 2.83 bits per heavy atom. The molecule has 0 saturated carbocycles. The van der Waals surface area contributed by atoms with Crippen molar-refractivity contribution in [3.8, 4) is 0 Å². The molecule has 3 rings (SSSR count). The molecule has 3 heterocycles. The van der Waals surface area contributed by atoms with Gasteiger partial charge < -0.3 is 10.1 Å². The normalized spacial score (nSPS) is 12.5. The molecule has 3 aromatic heterocycles. The first kappa shape index (κ1) is 16.2. The number of aryl methyl sites for hydroxylation is 3. The summed E-state index contributed by atoms with van der Waals surface area (Å²) in [6, 6.07) is 5.50. The van der Waals surface area contributed by atoms with Gasteiger partial charge in [-0.1, -0.05) is 0 Å². The minimum atomic E-state index is -0.287. The van der Waals surface area contributed by atoms with Crippen molar-refractivity contribution < 1.29 is 9.53 Å². The number of fused-ring (bicyclic) bond motifs is 1. The van der Waals surface area contributed by atoms with Gasteiger partial charge in [-0.15, -0.1) is 0 Å². The first-order valence-corrected chi connectivity index (χ1v) is 7.74. The average molecular weight is 327 g/mol. The summed E-state index contributed by atoms with van der Waals surface area (Å²) in [5.41, 5.74) is 3.98. The monoisotopic (exact) mass is 327 g/mol. The molecule has 0 aliphatic rings. The Hall–Kier alpha value is -2.67. The van der Waals surface area contributed by atoms with Crippen LogP contribution < -0.4 is 5.32 Å². The van der Waals surface area contributed by atoms with E-state index < -0.39 is 0 Å². The number of amides is 1. The van der Waals surface area contributed by atoms with Crippen LogP contribution in [0.5, 0.6) is 0 Å². The summed E-state index contributed by atoms with van der Waals surface area (Å²) in [5, 5.41) is 7.18. The number of carbonyl (C=O) groups excluding carboxylic acids is 1. The molecule has 0 fully saturated rings. The minimum Gasteiger partial charge on any atom is -0.382 e. The number of imidazole rings is 1. The zero-order valence-corrected chi connectivity index (χ0v) is 14.3. The summed E-state index contributed by atoms with van der Waals surface area (Å²) in [5.74, 6) is -0.188. The van der Waals surface area contributed by atoms with Crippen LogP contribution >= 0.6 is 0 Å². The Bertz CT molecular complexity index is 880. The molecule has 3 aromatic rings. The van der Waals surface area contributed by atoms with Crippen molar-refractivity contribution in [1.82, 2.24) is 24.5 Å². The molecule has 0 spiro atoms. The molecular weight excluding hydrogens is 306 g/mol. The lowest BCUT2D eigenvalue weighted by molar-refractivity contribution is 0.0886. The van der Waals surface area contributed by atoms with Crippen molar-refractivity contribution in [1.29, 1.82) is 0 Å². The molecule has 0 aliphatic carbocycles. The fourth-order valence-corrected chi connectivity index (χ4v) is 2.86. The van der Waals surface area contributed by atoms with E-state index in [0.29, 0.717) is 18.0 Å². The number of nitrogens with one attached hydrogen (secondary N) is 1. The summed E-state index contributed by atoms with van der Waals surface area (Å²) in [7, 11) is 3.45. The van der Waals surface area contributed by atoms with E-state index >= 15 is 0 Å². The van der Waals surface area contributed by atoms with Crippen molar-refractivity contribution in [2.24, 2.45) is 7.05 Å². The van der Waals surface area contributed by atoms with Gasteiger partial charge in [-0.05, 0) is 37.6 Å². The Balaban J connectivity index is 1.94. The molecular formula is C17H21N5O2. The quantitative estimate of drug-likeness (QED) is 0.775. The Morgan fingerprint density at radius 2 is 2.17 bits per heavy atom. The highest BCUT2D eigenvalue weighted by atomic mass is 16.5. The molecule has 0 saturated heterocycles. The predicted octanol–water partition coefficient (Wildman–Crippen LogP) is 1.80. The molecule has 1 N–H and O–H groups in total. The van der Waals surface area contributed by atoms with Crippen LogP contribution in [-0.2, 0) is 11.8 Å². The molecule has 0 bridgehead atoms. The van der Waals surface area contributed by atoms with Crippen LogP contribution in [0.25, 0.3) is 5.65 Å². The lowest BCUT2D eigenvalue weighted by Gasteiger charge is -2.18. The molecule has 0 radical (unpaired) electrons. The zero-order chi connectivity index (χ0) is 17.3. The third-order valence-electron chi connectivity index (χ3n) is 4.03. The Labute approximate surface area is 140 Å². The SMILES string of the molecule is COCC(NC(=O)c1c(C)nc2cc(C)ccn12)c1ccnn1C. The lowest BCUT2D eigenvalue weighted by Crippen LogP contribution is -2.33. The third-order valence-corrected chi connectivity index (χ3v) is 4.03. The van der Waals surface area contributed by atoms with E-state index in [1.807, 2.05) is 49.7 Å². The first-order chi connectivity index (χ1) is 11.5. The van der Waals surface area contributed by atoms with Gasteiger partial charge in [0.05, 0.1) is 24.0 Å². The molecule has 7 nitrogen and oxygen atoms in total. The largest absolute Gasteiger partial charge is 0.382 e. The maximum absolute atomic E-state index is 12.9. The molecule has 126 valence electrons. The zero-order valence-electron chi connectivity index (χ0n) is 14.3. The van der Waals surface area contributed by atoms with Crippen LogP contribution in [0.1, 0.15) is 33.5 Å². The topological polar surface area (TPSA) is 73.4 Å². The van der Waals surface area contributed by atoms with E-state index in [1.54, 1.807) is 18.0 Å². The highest BCUT2D eigenvalue weighted by molar-refractivity contribution is 5.95. The number of hydrogen-bond donors (Lipinski definition) is 1. The summed E-state index contributed by atoms with van der Waals surface area (Å²) in [4.78, 5) is 17.3. The van der Waals surface area contributed by atoms with Crippen LogP contribution in [0.3, 0.4) is 0 Å². The summed E-state index contributed by atoms with van der Waals surface area (Å²) in [6.45, 7) is 4.20. The molecule has 0 aromatic carbocycles. The van der Waals surface area contributed by atoms with Gasteiger partial charge in [-0.25, -0.2) is 4.98 Å². The fraction of sp³-hybridized carbons (Fsp3) is 0.353. The van der Waals surface area contributed by atoms with E-state index in [0.717, 1.165) is 16.9 Å². The van der Waals surface area contributed by atoms with Crippen molar-refractivity contribution in [3.05, 3.63) is 53.2 Å². The number of methoxy groups -OCH3 is 1. The van der Waals surface area contributed by atoms with Gasteiger partial charge in [0.25, 0.3) is 5.91 Å². The fourth-order valence-electron chi connectivity index (χ4n) is 2.86. The lowest BCUT2D eigenvalue weighted by atomic mass is 10.2. The van der Waals surface area contributed by atoms with Gasteiger partial charge in [0.1, 0.15) is 11.3 Å². The molecule has 1 amide bonds. The first-order valence-electron chi connectivity index (χ1n) is 7.74. The standard InChI is InChI=1S/C17H21N5O2/c1-11-6-8-22-15(9-11)19-12(2)16(22)17(23)20-13(10-24-4)14-5-7-18-21(14)3/h5-9,13H,10H2,1-4H3,(H,20,23). The maximum Gasteiger partial charge on any atom is 0.270 e. The van der Waals surface area contributed by atoms with Gasteiger partial charge in [0, 0.05) is 26.6 Å². The summed E-state index contributed by atoms with van der Waals surface area (Å²) >= 11 is 0. The van der Waals surface area contributed by atoms with E-state index in [2.05, 4.69) is 15.4 Å². The van der Waals surface area contributed by atoms with Gasteiger partial charge in [0.15, 0.2) is 0 Å². The van der Waals surface area contributed by atoms with E-state index in [9.17, 15) is 4.79 Å². The second kappa shape index (κ2) is 6.45. The summed E-state index contributed by atoms with van der Waals surface area (Å²) in [6.07, 6.45) is 3.57. The molecule has 24 heavy (non-hydrogen) atoms. The van der Waals surface area contributed by atoms with Gasteiger partial charge >= 0.3 is 0 Å². The minimum absolute atomic E-state index is 0.188. The maximum atomic E-state index is 12.9. The number of pyridine rings is 1. The second-order valence-electron chi connectivity index (χ2n) is 5.84. The molecule has 1 atom stereocenters. The third kappa shape index (κ3) is 2.90. The number of carbonyl (C=O) groups is 1. The highest BCUT2D eigenvalue weighted by Crippen LogP contribution is 2.17. The molecule has 1 unspecified atom stereocenters. The Morgan fingerprint density at radius 1 is 1.38 bits per heavy atom. The number of aromatic nitrogens is 4. The Kier molecular flexibility index (Phi) is 4.35. The summed E-state index contributed by atoms with van der Waals surface area (Å²) < 4.78 is 8.80. The van der Waals surface area contributed by atoms with Crippen LogP contribution in [0, 0.1) is 13.8 Å². The molecule has 0 aliphatic heterocycles. The smallest absolute Gasteiger partial charge is 0.270 e. The number of nitrogens with zero attached hydrogens (tertiary/aromatic N) is 4. The van der Waals surface area contributed by atoms with Crippen molar-refractivity contribution >= 4 is 11.6 Å². The van der Waals surface area contributed by atoms with E-state index in [-0.39, 0.29) is 11.9 Å². The van der Waals surface area contributed by atoms with Crippen molar-refractivity contribution in [2.45, 2.75) is 19.9 Å². The van der Waals surface area contributed by atoms with Crippen LogP contribution in [0.15, 0.2) is 30.6 Å².